The van der Waals surface area contributed by atoms with Crippen LogP contribution in [0.1, 0.15) is 24.4 Å². The Bertz CT molecular complexity index is 805. The molecule has 1 aromatic carbocycles. The van der Waals surface area contributed by atoms with E-state index in [4.69, 9.17) is 10.2 Å². The van der Waals surface area contributed by atoms with Gasteiger partial charge in [0, 0.05) is 36.2 Å². The van der Waals surface area contributed by atoms with E-state index in [0.29, 0.717) is 18.2 Å². The highest BCUT2D eigenvalue weighted by atomic mass is 19.1. The number of carboxylic acids is 2. The van der Waals surface area contributed by atoms with Crippen molar-refractivity contribution in [3.05, 3.63) is 66.3 Å². The summed E-state index contributed by atoms with van der Waals surface area (Å²) in [7, 11) is 2.15. The molecular weight excluding hydrogens is 351 g/mol. The number of halogens is 1. The second-order valence-corrected chi connectivity index (χ2v) is 6.16. The molecule has 1 aliphatic heterocycles. The monoisotopic (exact) mass is 372 g/mol. The van der Waals surface area contributed by atoms with Crippen LogP contribution < -0.4 is 0 Å². The van der Waals surface area contributed by atoms with Crippen LogP contribution in [-0.2, 0) is 9.59 Å². The molecule has 1 aliphatic rings. The first-order valence-electron chi connectivity index (χ1n) is 8.42. The van der Waals surface area contributed by atoms with Gasteiger partial charge in [0.05, 0.1) is 0 Å². The maximum Gasteiger partial charge on any atom is 0.328 e. The third kappa shape index (κ3) is 6.31. The number of rotatable bonds is 4. The smallest absolute Gasteiger partial charge is 0.328 e. The SMILES string of the molecule is CN1CCCC1c1cncc(-c2ccc(F)cc2)c1.O=C(O)C=CC(=O)O. The van der Waals surface area contributed by atoms with Gasteiger partial charge in [0.15, 0.2) is 0 Å². The van der Waals surface area contributed by atoms with Gasteiger partial charge in [0.2, 0.25) is 0 Å². The number of carbonyl (C=O) groups is 2. The van der Waals surface area contributed by atoms with Crippen LogP contribution in [0.25, 0.3) is 11.1 Å². The van der Waals surface area contributed by atoms with Crippen molar-refractivity contribution in [1.29, 1.82) is 0 Å². The molecule has 1 saturated heterocycles. The molecule has 1 unspecified atom stereocenters. The van der Waals surface area contributed by atoms with Crippen molar-refractivity contribution in [1.82, 2.24) is 9.88 Å². The van der Waals surface area contributed by atoms with Gasteiger partial charge in [-0.1, -0.05) is 12.1 Å². The topological polar surface area (TPSA) is 90.7 Å². The first-order chi connectivity index (χ1) is 12.9. The lowest BCUT2D eigenvalue weighted by Crippen LogP contribution is -2.17. The van der Waals surface area contributed by atoms with E-state index in [0.717, 1.165) is 17.7 Å². The standard InChI is InChI=1S/C16H17FN2.C4H4O4/c1-19-8-2-3-16(19)14-9-13(10-18-11-14)12-4-6-15(17)7-5-12;5-3(6)1-2-4(7)8/h4-7,9-11,16H,2-3,8H2,1H3;1-2H,(H,5,6)(H,7,8). The summed E-state index contributed by atoms with van der Waals surface area (Å²) in [5.74, 6) is -2.72. The molecule has 2 N–H and O–H groups in total. The minimum Gasteiger partial charge on any atom is -0.478 e. The summed E-state index contributed by atoms with van der Waals surface area (Å²) in [6.07, 6.45) is 7.32. The summed E-state index contributed by atoms with van der Waals surface area (Å²) in [4.78, 5) is 25.8. The Morgan fingerprint density at radius 1 is 1.11 bits per heavy atom. The normalized spacial score (nSPS) is 16.7. The Morgan fingerprint density at radius 2 is 1.74 bits per heavy atom. The fraction of sp³-hybridized carbons (Fsp3) is 0.250. The molecule has 1 fully saturated rings. The first kappa shape index (κ1) is 20.3. The van der Waals surface area contributed by atoms with Crippen LogP contribution in [-0.4, -0.2) is 45.6 Å². The Hall–Kier alpha value is -3.06. The number of aliphatic carboxylic acids is 2. The Morgan fingerprint density at radius 3 is 2.26 bits per heavy atom. The van der Waals surface area contributed by atoms with E-state index in [-0.39, 0.29) is 5.82 Å². The second-order valence-electron chi connectivity index (χ2n) is 6.16. The third-order valence-corrected chi connectivity index (χ3v) is 4.21. The summed E-state index contributed by atoms with van der Waals surface area (Å²) >= 11 is 0. The van der Waals surface area contributed by atoms with Gasteiger partial charge in [-0.3, -0.25) is 9.88 Å². The molecule has 3 rings (SSSR count). The largest absolute Gasteiger partial charge is 0.478 e. The van der Waals surface area contributed by atoms with Crippen molar-refractivity contribution in [2.24, 2.45) is 0 Å². The molecule has 1 atom stereocenters. The molecule has 142 valence electrons. The lowest BCUT2D eigenvalue weighted by atomic mass is 10.0. The maximum absolute atomic E-state index is 13.0. The van der Waals surface area contributed by atoms with Gasteiger partial charge in [-0.2, -0.15) is 0 Å². The summed E-state index contributed by atoms with van der Waals surface area (Å²) in [5, 5.41) is 15.6. The minimum atomic E-state index is -1.26. The van der Waals surface area contributed by atoms with Crippen molar-refractivity contribution in [2.75, 3.05) is 13.6 Å². The van der Waals surface area contributed by atoms with Crippen LogP contribution in [0.2, 0.25) is 0 Å². The van der Waals surface area contributed by atoms with Crippen molar-refractivity contribution in [3.8, 4) is 11.1 Å². The van der Waals surface area contributed by atoms with E-state index in [1.54, 1.807) is 12.1 Å². The van der Waals surface area contributed by atoms with Crippen LogP contribution >= 0.6 is 0 Å². The summed E-state index contributed by atoms with van der Waals surface area (Å²) in [6, 6.07) is 9.22. The zero-order valence-corrected chi connectivity index (χ0v) is 14.9. The molecule has 0 radical (unpaired) electrons. The van der Waals surface area contributed by atoms with Crippen LogP contribution in [0.4, 0.5) is 4.39 Å². The highest BCUT2D eigenvalue weighted by Gasteiger charge is 2.22. The lowest BCUT2D eigenvalue weighted by molar-refractivity contribution is -0.134. The van der Waals surface area contributed by atoms with Gasteiger partial charge < -0.3 is 10.2 Å². The maximum atomic E-state index is 13.0. The molecule has 27 heavy (non-hydrogen) atoms. The molecule has 2 heterocycles. The van der Waals surface area contributed by atoms with E-state index in [9.17, 15) is 14.0 Å². The summed E-state index contributed by atoms with van der Waals surface area (Å²) in [5.41, 5.74) is 3.32. The number of benzene rings is 1. The zero-order chi connectivity index (χ0) is 19.8. The van der Waals surface area contributed by atoms with Crippen molar-refractivity contribution < 1.29 is 24.2 Å². The fourth-order valence-corrected chi connectivity index (χ4v) is 2.91. The number of hydrogen-bond donors (Lipinski definition) is 2. The van der Waals surface area contributed by atoms with Gasteiger partial charge in [0.25, 0.3) is 0 Å². The third-order valence-electron chi connectivity index (χ3n) is 4.21. The zero-order valence-electron chi connectivity index (χ0n) is 14.9. The number of likely N-dealkylation sites (tertiary alicyclic amines) is 1. The Labute approximate surface area is 156 Å². The summed E-state index contributed by atoms with van der Waals surface area (Å²) in [6.45, 7) is 1.14. The quantitative estimate of drug-likeness (QED) is 0.800. The highest BCUT2D eigenvalue weighted by molar-refractivity contribution is 5.89. The van der Waals surface area contributed by atoms with Gasteiger partial charge in [0.1, 0.15) is 5.82 Å². The van der Waals surface area contributed by atoms with E-state index in [2.05, 4.69) is 23.0 Å². The number of nitrogens with zero attached hydrogens (tertiary/aromatic N) is 2. The van der Waals surface area contributed by atoms with Crippen molar-refractivity contribution in [2.45, 2.75) is 18.9 Å². The second kappa shape index (κ2) is 9.59. The van der Waals surface area contributed by atoms with Crippen LogP contribution in [0.3, 0.4) is 0 Å². The molecular formula is C20H21FN2O4. The molecule has 1 aromatic heterocycles. The first-order valence-corrected chi connectivity index (χ1v) is 8.42. The molecule has 0 spiro atoms. The lowest BCUT2D eigenvalue weighted by Gasteiger charge is -2.19. The number of hydrogen-bond acceptors (Lipinski definition) is 4. The number of carboxylic acid groups (broad SMARTS) is 2. The van der Waals surface area contributed by atoms with Crippen molar-refractivity contribution >= 4 is 11.9 Å². The summed E-state index contributed by atoms with van der Waals surface area (Å²) < 4.78 is 13.0. The molecule has 0 saturated carbocycles. The van der Waals surface area contributed by atoms with Gasteiger partial charge in [-0.05, 0) is 55.8 Å². The predicted molar refractivity (Wildman–Crippen MR) is 98.6 cm³/mol. The number of pyridine rings is 1. The Balaban J connectivity index is 0.000000279. The van der Waals surface area contributed by atoms with Gasteiger partial charge in [-0.15, -0.1) is 0 Å². The molecule has 0 bridgehead atoms. The molecule has 2 aromatic rings. The van der Waals surface area contributed by atoms with Crippen LogP contribution in [0, 0.1) is 5.82 Å². The molecule has 7 heteroatoms. The number of aromatic nitrogens is 1. The fourth-order valence-electron chi connectivity index (χ4n) is 2.91. The molecule has 0 aliphatic carbocycles. The predicted octanol–water partition coefficient (Wildman–Crippen LogP) is 3.37. The molecule has 0 amide bonds. The van der Waals surface area contributed by atoms with E-state index < -0.39 is 11.9 Å². The van der Waals surface area contributed by atoms with E-state index in [1.807, 2.05) is 12.4 Å². The molecule has 6 nitrogen and oxygen atoms in total. The average molecular weight is 372 g/mol. The van der Waals surface area contributed by atoms with Crippen molar-refractivity contribution in [3.63, 3.8) is 0 Å². The average Bonchev–Trinajstić information content (AvgIpc) is 3.07. The van der Waals surface area contributed by atoms with E-state index >= 15 is 0 Å². The minimum absolute atomic E-state index is 0.205. The van der Waals surface area contributed by atoms with Gasteiger partial charge >= 0.3 is 11.9 Å². The van der Waals surface area contributed by atoms with E-state index in [1.165, 1.54) is 30.5 Å². The van der Waals surface area contributed by atoms with Gasteiger partial charge in [-0.25, -0.2) is 14.0 Å². The van der Waals surface area contributed by atoms with Crippen LogP contribution in [0.15, 0.2) is 54.9 Å². The Kier molecular flexibility index (Phi) is 7.19. The van der Waals surface area contributed by atoms with Crippen LogP contribution in [0.5, 0.6) is 0 Å². The highest BCUT2D eigenvalue weighted by Crippen LogP contribution is 2.31.